The van der Waals surface area contributed by atoms with Gasteiger partial charge in [-0.1, -0.05) is 12.1 Å². The number of para-hydroxylation sites is 1. The normalized spacial score (nSPS) is 11.6. The SMILES string of the molecule is Nc1c(F)cccc1S(=O)(=O)NCc1ccc(F)c(F)c1. The van der Waals surface area contributed by atoms with E-state index < -0.39 is 38.1 Å². The van der Waals surface area contributed by atoms with Gasteiger partial charge < -0.3 is 5.73 Å². The van der Waals surface area contributed by atoms with Crippen molar-refractivity contribution in [3.8, 4) is 0 Å². The average Bonchev–Trinajstić information content (AvgIpc) is 2.43. The van der Waals surface area contributed by atoms with Gasteiger partial charge in [0.1, 0.15) is 10.7 Å². The van der Waals surface area contributed by atoms with Crippen molar-refractivity contribution in [3.63, 3.8) is 0 Å². The summed E-state index contributed by atoms with van der Waals surface area (Å²) < 4.78 is 65.2. The lowest BCUT2D eigenvalue weighted by Crippen LogP contribution is -2.24. The molecule has 0 bridgehead atoms. The fourth-order valence-corrected chi connectivity index (χ4v) is 2.81. The van der Waals surface area contributed by atoms with Gasteiger partial charge >= 0.3 is 0 Å². The number of nitrogens with two attached hydrogens (primary N) is 1. The van der Waals surface area contributed by atoms with Gasteiger partial charge in [0.2, 0.25) is 10.0 Å². The predicted octanol–water partition coefficient (Wildman–Crippen LogP) is 2.16. The first-order valence-electron chi connectivity index (χ1n) is 5.79. The summed E-state index contributed by atoms with van der Waals surface area (Å²) in [5, 5.41) is 0. The predicted molar refractivity (Wildman–Crippen MR) is 71.2 cm³/mol. The van der Waals surface area contributed by atoms with E-state index in [0.717, 1.165) is 24.3 Å². The van der Waals surface area contributed by atoms with E-state index in [1.54, 1.807) is 0 Å². The minimum Gasteiger partial charge on any atom is -0.395 e. The molecule has 0 radical (unpaired) electrons. The van der Waals surface area contributed by atoms with Gasteiger partial charge in [-0.05, 0) is 29.8 Å². The highest BCUT2D eigenvalue weighted by Crippen LogP contribution is 2.21. The third-order valence-electron chi connectivity index (χ3n) is 2.75. The molecule has 2 rings (SSSR count). The van der Waals surface area contributed by atoms with Crippen LogP contribution in [0.2, 0.25) is 0 Å². The van der Waals surface area contributed by atoms with Crippen molar-refractivity contribution >= 4 is 15.7 Å². The first kappa shape index (κ1) is 15.3. The van der Waals surface area contributed by atoms with Gasteiger partial charge in [-0.3, -0.25) is 0 Å². The number of hydrogen-bond donors (Lipinski definition) is 2. The summed E-state index contributed by atoms with van der Waals surface area (Å²) in [5.74, 6) is -2.97. The van der Waals surface area contributed by atoms with Crippen LogP contribution in [0.25, 0.3) is 0 Å². The van der Waals surface area contributed by atoms with Crippen LogP contribution in [0.5, 0.6) is 0 Å². The number of anilines is 1. The zero-order valence-corrected chi connectivity index (χ0v) is 11.4. The van der Waals surface area contributed by atoms with Gasteiger partial charge in [0.25, 0.3) is 0 Å². The second kappa shape index (κ2) is 5.74. The smallest absolute Gasteiger partial charge is 0.243 e. The van der Waals surface area contributed by atoms with Gasteiger partial charge in [0, 0.05) is 6.54 Å². The lowest BCUT2D eigenvalue weighted by atomic mass is 10.2. The molecule has 0 fully saturated rings. The molecule has 0 aliphatic heterocycles. The summed E-state index contributed by atoms with van der Waals surface area (Å²) in [6.45, 7) is -0.282. The Morgan fingerprint density at radius 1 is 1.00 bits per heavy atom. The molecular formula is C13H11F3N2O2S. The van der Waals surface area contributed by atoms with Crippen molar-refractivity contribution in [2.75, 3.05) is 5.73 Å². The molecule has 4 nitrogen and oxygen atoms in total. The fourth-order valence-electron chi connectivity index (χ4n) is 1.66. The molecule has 0 aliphatic carbocycles. The largest absolute Gasteiger partial charge is 0.395 e. The Kier molecular flexibility index (Phi) is 4.19. The molecule has 8 heteroatoms. The minimum absolute atomic E-state index is 0.215. The molecule has 0 amide bonds. The van der Waals surface area contributed by atoms with Crippen molar-refractivity contribution in [1.29, 1.82) is 0 Å². The molecule has 0 saturated heterocycles. The van der Waals surface area contributed by atoms with Crippen molar-refractivity contribution in [3.05, 3.63) is 59.4 Å². The monoisotopic (exact) mass is 316 g/mol. The number of rotatable bonds is 4. The first-order valence-corrected chi connectivity index (χ1v) is 7.27. The van der Waals surface area contributed by atoms with Gasteiger partial charge in [0.05, 0.1) is 5.69 Å². The van der Waals surface area contributed by atoms with Crippen molar-refractivity contribution in [2.45, 2.75) is 11.4 Å². The highest BCUT2D eigenvalue weighted by molar-refractivity contribution is 7.89. The van der Waals surface area contributed by atoms with Gasteiger partial charge in [0.15, 0.2) is 11.6 Å². The maximum absolute atomic E-state index is 13.3. The van der Waals surface area contributed by atoms with E-state index in [1.165, 1.54) is 12.1 Å². The van der Waals surface area contributed by atoms with E-state index in [0.29, 0.717) is 0 Å². The number of halogens is 3. The second-order valence-electron chi connectivity index (χ2n) is 4.22. The van der Waals surface area contributed by atoms with Crippen molar-refractivity contribution in [2.24, 2.45) is 0 Å². The lowest BCUT2D eigenvalue weighted by molar-refractivity contribution is 0.506. The zero-order valence-electron chi connectivity index (χ0n) is 10.6. The van der Waals surface area contributed by atoms with Crippen LogP contribution in [0.3, 0.4) is 0 Å². The van der Waals surface area contributed by atoms with Crippen LogP contribution >= 0.6 is 0 Å². The Labute approximate surface area is 119 Å². The number of sulfonamides is 1. The molecule has 0 unspecified atom stereocenters. The third-order valence-corrected chi connectivity index (χ3v) is 4.21. The maximum Gasteiger partial charge on any atom is 0.243 e. The summed E-state index contributed by atoms with van der Waals surface area (Å²) >= 11 is 0. The summed E-state index contributed by atoms with van der Waals surface area (Å²) in [4.78, 5) is -0.412. The van der Waals surface area contributed by atoms with Crippen molar-refractivity contribution in [1.82, 2.24) is 4.72 Å². The Hall–Kier alpha value is -2.06. The third kappa shape index (κ3) is 3.34. The van der Waals surface area contributed by atoms with Crippen molar-refractivity contribution < 1.29 is 21.6 Å². The Balaban J connectivity index is 2.22. The molecule has 21 heavy (non-hydrogen) atoms. The van der Waals surface area contributed by atoms with Crippen LogP contribution in [-0.4, -0.2) is 8.42 Å². The zero-order chi connectivity index (χ0) is 15.6. The van der Waals surface area contributed by atoms with Gasteiger partial charge in [-0.2, -0.15) is 0 Å². The van der Waals surface area contributed by atoms with Gasteiger partial charge in [-0.25, -0.2) is 26.3 Å². The van der Waals surface area contributed by atoms with Crippen LogP contribution in [-0.2, 0) is 16.6 Å². The quantitative estimate of drug-likeness (QED) is 0.849. The Bertz CT molecular complexity index is 779. The number of hydrogen-bond acceptors (Lipinski definition) is 3. The van der Waals surface area contributed by atoms with Crippen LogP contribution in [0, 0.1) is 17.5 Å². The topological polar surface area (TPSA) is 72.2 Å². The van der Waals surface area contributed by atoms with E-state index >= 15 is 0 Å². The lowest BCUT2D eigenvalue weighted by Gasteiger charge is -2.09. The molecule has 0 aromatic heterocycles. The highest BCUT2D eigenvalue weighted by Gasteiger charge is 2.19. The first-order chi connectivity index (χ1) is 9.81. The van der Waals surface area contributed by atoms with E-state index in [1.807, 2.05) is 0 Å². The van der Waals surface area contributed by atoms with E-state index in [2.05, 4.69) is 4.72 Å². The number of benzene rings is 2. The maximum atomic E-state index is 13.3. The minimum atomic E-state index is -4.07. The van der Waals surface area contributed by atoms with Crippen LogP contribution in [0.15, 0.2) is 41.3 Å². The molecule has 0 spiro atoms. The summed E-state index contributed by atoms with van der Waals surface area (Å²) in [5.41, 5.74) is 5.09. The molecular weight excluding hydrogens is 305 g/mol. The standard InChI is InChI=1S/C13H11F3N2O2S/c14-9-5-4-8(6-11(9)16)7-18-21(19,20)12-3-1-2-10(15)13(12)17/h1-6,18H,7,17H2. The Morgan fingerprint density at radius 2 is 1.71 bits per heavy atom. The fraction of sp³-hybridized carbons (Fsp3) is 0.0769. The van der Waals surface area contributed by atoms with Crippen LogP contribution < -0.4 is 10.5 Å². The Morgan fingerprint density at radius 3 is 2.38 bits per heavy atom. The molecule has 0 heterocycles. The molecule has 2 aromatic carbocycles. The van der Waals surface area contributed by atoms with E-state index in [4.69, 9.17) is 5.73 Å². The summed E-state index contributed by atoms with van der Waals surface area (Å²) in [7, 11) is -4.07. The molecule has 2 aromatic rings. The molecule has 0 atom stereocenters. The highest BCUT2D eigenvalue weighted by atomic mass is 32.2. The second-order valence-corrected chi connectivity index (χ2v) is 5.96. The molecule has 3 N–H and O–H groups in total. The summed E-state index contributed by atoms with van der Waals surface area (Å²) in [6.07, 6.45) is 0. The van der Waals surface area contributed by atoms with Crippen LogP contribution in [0.4, 0.5) is 18.9 Å². The van der Waals surface area contributed by atoms with Gasteiger partial charge in [-0.15, -0.1) is 0 Å². The average molecular weight is 316 g/mol. The molecule has 0 saturated carbocycles. The molecule has 0 aliphatic rings. The van der Waals surface area contributed by atoms with Crippen LogP contribution in [0.1, 0.15) is 5.56 Å². The number of nitrogen functional groups attached to an aromatic ring is 1. The van der Waals surface area contributed by atoms with E-state index in [-0.39, 0.29) is 12.1 Å². The van der Waals surface area contributed by atoms with E-state index in [9.17, 15) is 21.6 Å². The summed E-state index contributed by atoms with van der Waals surface area (Å²) in [6, 6.07) is 6.37. The molecule has 112 valence electrons. The number of nitrogens with one attached hydrogen (secondary N) is 1.